The van der Waals surface area contributed by atoms with E-state index in [0.717, 1.165) is 25.7 Å². The molecule has 0 aromatic carbocycles. The van der Waals surface area contributed by atoms with E-state index < -0.39 is 10.0 Å². The number of hydrogen-bond donors (Lipinski definition) is 1. The molecule has 2 N–H and O–H groups in total. The van der Waals surface area contributed by atoms with Crippen molar-refractivity contribution in [3.63, 3.8) is 0 Å². The maximum atomic E-state index is 12.2. The molecule has 100 valence electrons. The van der Waals surface area contributed by atoms with Crippen molar-refractivity contribution in [1.29, 1.82) is 0 Å². The second kappa shape index (κ2) is 5.24. The fourth-order valence-corrected chi connectivity index (χ4v) is 5.04. The van der Waals surface area contributed by atoms with Crippen LogP contribution in [0.3, 0.4) is 0 Å². The lowest BCUT2D eigenvalue weighted by molar-refractivity contribution is 0.130. The summed E-state index contributed by atoms with van der Waals surface area (Å²) in [5, 5.41) is 0. The molecule has 0 amide bonds. The molecule has 1 aliphatic heterocycles. The molecule has 0 spiro atoms. The van der Waals surface area contributed by atoms with Gasteiger partial charge in [-0.1, -0.05) is 13.3 Å². The maximum Gasteiger partial charge on any atom is 0.214 e. The highest BCUT2D eigenvalue weighted by molar-refractivity contribution is 7.89. The average molecular weight is 260 g/mol. The third-order valence-electron chi connectivity index (χ3n) is 4.01. The van der Waals surface area contributed by atoms with E-state index in [9.17, 15) is 8.42 Å². The number of sulfonamides is 1. The molecule has 2 rings (SSSR count). The minimum Gasteiger partial charge on any atom is -0.328 e. The van der Waals surface area contributed by atoms with Crippen LogP contribution in [0.4, 0.5) is 0 Å². The molecule has 1 saturated carbocycles. The monoisotopic (exact) mass is 260 g/mol. The van der Waals surface area contributed by atoms with Crippen molar-refractivity contribution in [2.75, 3.05) is 18.8 Å². The van der Waals surface area contributed by atoms with Crippen LogP contribution >= 0.6 is 0 Å². The lowest BCUT2D eigenvalue weighted by Gasteiger charge is -2.42. The lowest BCUT2D eigenvalue weighted by atomic mass is 9.76. The number of rotatable bonds is 4. The van der Waals surface area contributed by atoms with Gasteiger partial charge in [0.15, 0.2) is 0 Å². The fourth-order valence-electron chi connectivity index (χ4n) is 3.25. The summed E-state index contributed by atoms with van der Waals surface area (Å²) in [7, 11) is -3.01. The van der Waals surface area contributed by atoms with Gasteiger partial charge in [0, 0.05) is 19.1 Å². The van der Waals surface area contributed by atoms with E-state index in [1.54, 1.807) is 4.31 Å². The van der Waals surface area contributed by atoms with Gasteiger partial charge in [-0.2, -0.15) is 0 Å². The van der Waals surface area contributed by atoms with Gasteiger partial charge in [-0.15, -0.1) is 0 Å². The normalized spacial score (nSPS) is 34.8. The van der Waals surface area contributed by atoms with E-state index in [-0.39, 0.29) is 0 Å². The van der Waals surface area contributed by atoms with Crippen molar-refractivity contribution in [1.82, 2.24) is 4.31 Å². The van der Waals surface area contributed by atoms with Crippen LogP contribution in [0.2, 0.25) is 0 Å². The zero-order valence-electron chi connectivity index (χ0n) is 10.6. The van der Waals surface area contributed by atoms with Crippen molar-refractivity contribution in [2.24, 2.45) is 17.6 Å². The maximum absolute atomic E-state index is 12.2. The Morgan fingerprint density at radius 3 is 2.29 bits per heavy atom. The molecule has 4 nitrogen and oxygen atoms in total. The van der Waals surface area contributed by atoms with Crippen molar-refractivity contribution < 1.29 is 8.42 Å². The van der Waals surface area contributed by atoms with E-state index in [1.165, 1.54) is 6.42 Å². The summed E-state index contributed by atoms with van der Waals surface area (Å²) in [6.07, 6.45) is 4.87. The molecule has 2 fully saturated rings. The predicted octanol–water partition coefficient (Wildman–Crippen LogP) is 1.18. The molecule has 2 aliphatic rings. The Balaban J connectivity index is 2.00. The highest BCUT2D eigenvalue weighted by Crippen LogP contribution is 2.35. The van der Waals surface area contributed by atoms with Gasteiger partial charge in [0.25, 0.3) is 0 Å². The molecule has 2 atom stereocenters. The summed E-state index contributed by atoms with van der Waals surface area (Å²) in [6.45, 7) is 3.44. The molecular formula is C12H24N2O2S. The Bertz CT molecular complexity index is 338. The predicted molar refractivity (Wildman–Crippen MR) is 69.1 cm³/mol. The molecule has 17 heavy (non-hydrogen) atoms. The summed E-state index contributed by atoms with van der Waals surface area (Å²) in [5.74, 6) is 1.30. The number of hydrogen-bond acceptors (Lipinski definition) is 3. The second-order valence-electron chi connectivity index (χ2n) is 5.69. The summed E-state index contributed by atoms with van der Waals surface area (Å²) < 4.78 is 26.0. The van der Waals surface area contributed by atoms with Crippen LogP contribution in [0.25, 0.3) is 0 Å². The zero-order valence-corrected chi connectivity index (χ0v) is 11.5. The minimum atomic E-state index is -3.01. The largest absolute Gasteiger partial charge is 0.328 e. The first-order chi connectivity index (χ1) is 8.01. The van der Waals surface area contributed by atoms with Crippen molar-refractivity contribution >= 4 is 10.0 Å². The quantitative estimate of drug-likeness (QED) is 0.825. The van der Waals surface area contributed by atoms with Crippen LogP contribution in [-0.2, 0) is 10.0 Å². The van der Waals surface area contributed by atoms with Gasteiger partial charge in [0.2, 0.25) is 10.0 Å². The number of piperidine rings is 1. The van der Waals surface area contributed by atoms with E-state index in [4.69, 9.17) is 5.73 Å². The Hall–Kier alpha value is -0.130. The molecule has 5 heteroatoms. The first-order valence-corrected chi connectivity index (χ1v) is 8.35. The van der Waals surface area contributed by atoms with Gasteiger partial charge in [-0.05, 0) is 37.5 Å². The van der Waals surface area contributed by atoms with Crippen molar-refractivity contribution in [3.8, 4) is 0 Å². The third kappa shape index (κ3) is 3.20. The van der Waals surface area contributed by atoms with Crippen LogP contribution in [0.1, 0.15) is 39.0 Å². The molecule has 2 unspecified atom stereocenters. The van der Waals surface area contributed by atoms with Crippen molar-refractivity contribution in [2.45, 2.75) is 45.1 Å². The summed E-state index contributed by atoms with van der Waals surface area (Å²) in [4.78, 5) is 0. The van der Waals surface area contributed by atoms with Crippen LogP contribution in [0, 0.1) is 11.8 Å². The summed E-state index contributed by atoms with van der Waals surface area (Å²) >= 11 is 0. The number of unbranched alkanes of at least 4 members (excludes halogenated alkanes) is 1. The van der Waals surface area contributed by atoms with Crippen molar-refractivity contribution in [3.05, 3.63) is 0 Å². The van der Waals surface area contributed by atoms with E-state index in [1.807, 2.05) is 6.92 Å². The fraction of sp³-hybridized carbons (Fsp3) is 1.00. The number of nitrogens with two attached hydrogens (primary N) is 1. The minimum absolute atomic E-state index is 0.291. The standard InChI is InChI=1S/C12H24N2O2S/c1-2-3-4-17(15,16)14-8-10-5-11(9-14)7-12(13)6-10/h10-12H,2-9,13H2,1H3. The number of fused-ring (bicyclic) bond motifs is 2. The molecule has 1 heterocycles. The Morgan fingerprint density at radius 2 is 1.76 bits per heavy atom. The molecule has 1 saturated heterocycles. The molecule has 0 aromatic rings. The van der Waals surface area contributed by atoms with Gasteiger partial charge in [-0.25, -0.2) is 12.7 Å². The molecule has 1 aliphatic carbocycles. The first kappa shape index (κ1) is 13.3. The van der Waals surface area contributed by atoms with Gasteiger partial charge in [0.05, 0.1) is 5.75 Å². The third-order valence-corrected chi connectivity index (χ3v) is 5.90. The Morgan fingerprint density at radius 1 is 1.18 bits per heavy atom. The molecule has 2 bridgehead atoms. The van der Waals surface area contributed by atoms with Crippen LogP contribution in [0.5, 0.6) is 0 Å². The van der Waals surface area contributed by atoms with E-state index in [2.05, 4.69) is 0 Å². The Kier molecular flexibility index (Phi) is 4.10. The molecular weight excluding hydrogens is 236 g/mol. The smallest absolute Gasteiger partial charge is 0.214 e. The number of nitrogens with zero attached hydrogens (tertiary/aromatic N) is 1. The average Bonchev–Trinajstić information content (AvgIpc) is 2.24. The van der Waals surface area contributed by atoms with E-state index in [0.29, 0.717) is 36.7 Å². The van der Waals surface area contributed by atoms with Gasteiger partial charge in [-0.3, -0.25) is 0 Å². The summed E-state index contributed by atoms with van der Waals surface area (Å²) in [6, 6.07) is 0.291. The van der Waals surface area contributed by atoms with E-state index >= 15 is 0 Å². The second-order valence-corrected chi connectivity index (χ2v) is 7.77. The SMILES string of the molecule is CCCCS(=O)(=O)N1CC2CC(N)CC(C2)C1. The highest BCUT2D eigenvalue weighted by Gasteiger charge is 2.37. The van der Waals surface area contributed by atoms with Crippen LogP contribution in [-0.4, -0.2) is 37.6 Å². The zero-order chi connectivity index (χ0) is 12.5. The Labute approximate surface area is 105 Å². The molecule has 0 radical (unpaired) electrons. The van der Waals surface area contributed by atoms with Gasteiger partial charge in [0.1, 0.15) is 0 Å². The first-order valence-electron chi connectivity index (χ1n) is 6.74. The van der Waals surface area contributed by atoms with Crippen LogP contribution < -0.4 is 5.73 Å². The molecule has 0 aromatic heterocycles. The summed E-state index contributed by atoms with van der Waals surface area (Å²) in [5.41, 5.74) is 5.99. The highest BCUT2D eigenvalue weighted by atomic mass is 32.2. The topological polar surface area (TPSA) is 63.4 Å². The van der Waals surface area contributed by atoms with Crippen LogP contribution in [0.15, 0.2) is 0 Å². The van der Waals surface area contributed by atoms with Gasteiger partial charge >= 0.3 is 0 Å². The lowest BCUT2D eigenvalue weighted by Crippen LogP contribution is -2.50. The van der Waals surface area contributed by atoms with Gasteiger partial charge < -0.3 is 5.73 Å².